The molecule has 1 aliphatic heterocycles. The molecular weight excluding hydrogens is 336 g/mol. The van der Waals surface area contributed by atoms with E-state index in [0.29, 0.717) is 16.7 Å². The molecule has 0 aromatic rings. The molecule has 1 saturated heterocycles. The first-order valence-corrected chi connectivity index (χ1v) is 8.89. The highest BCUT2D eigenvalue weighted by Crippen LogP contribution is 2.48. The quantitative estimate of drug-likeness (QED) is 0.610. The Morgan fingerprint density at radius 1 is 1.42 bits per heavy atom. The second kappa shape index (κ2) is 6.83. The maximum Gasteiger partial charge on any atom is 0.333 e. The van der Waals surface area contributed by atoms with Gasteiger partial charge in [-0.05, 0) is 32.4 Å². The molecule has 5 atom stereocenters. The van der Waals surface area contributed by atoms with Gasteiger partial charge in [0, 0.05) is 29.4 Å². The first kappa shape index (κ1) is 18.6. The zero-order valence-corrected chi connectivity index (χ0v) is 15.4. The Labute approximate surface area is 152 Å². The van der Waals surface area contributed by atoms with Crippen molar-refractivity contribution in [1.82, 2.24) is 0 Å². The number of aliphatic hydroxyl groups excluding tert-OH is 1. The van der Waals surface area contributed by atoms with Gasteiger partial charge >= 0.3 is 11.9 Å². The number of allylic oxidation sites excluding steroid dienone is 2. The molecule has 140 valence electrons. The number of aliphatic hydroxyl groups is 1. The molecule has 5 unspecified atom stereocenters. The van der Waals surface area contributed by atoms with Gasteiger partial charge < -0.3 is 14.6 Å². The number of rotatable bonds is 3. The third-order valence-corrected chi connectivity index (χ3v) is 5.80. The molecule has 6 nitrogen and oxygen atoms in total. The summed E-state index contributed by atoms with van der Waals surface area (Å²) in [4.78, 5) is 37.1. The molecule has 0 radical (unpaired) electrons. The average Bonchev–Trinajstić information content (AvgIpc) is 3.00. The van der Waals surface area contributed by atoms with Crippen molar-refractivity contribution in [3.8, 4) is 0 Å². The van der Waals surface area contributed by atoms with Gasteiger partial charge in [-0.2, -0.15) is 0 Å². The van der Waals surface area contributed by atoms with Crippen LogP contribution in [0, 0.1) is 17.8 Å². The van der Waals surface area contributed by atoms with E-state index in [9.17, 15) is 19.5 Å². The monoisotopic (exact) mass is 360 g/mol. The van der Waals surface area contributed by atoms with E-state index in [1.54, 1.807) is 32.9 Å². The van der Waals surface area contributed by atoms with E-state index < -0.39 is 24.1 Å². The summed E-state index contributed by atoms with van der Waals surface area (Å²) in [6, 6.07) is 0. The lowest BCUT2D eigenvalue weighted by Gasteiger charge is -2.29. The molecule has 3 aliphatic rings. The predicted octanol–water partition coefficient (Wildman–Crippen LogP) is 1.88. The molecule has 0 amide bonds. The van der Waals surface area contributed by atoms with E-state index in [1.165, 1.54) is 0 Å². The Morgan fingerprint density at radius 3 is 2.73 bits per heavy atom. The molecule has 3 rings (SSSR count). The topological polar surface area (TPSA) is 89.9 Å². The molecule has 6 heteroatoms. The molecule has 1 N–H and O–H groups in total. The number of hydrogen-bond acceptors (Lipinski definition) is 6. The fourth-order valence-electron chi connectivity index (χ4n) is 4.27. The summed E-state index contributed by atoms with van der Waals surface area (Å²) in [6.45, 7) is 6.70. The van der Waals surface area contributed by atoms with Gasteiger partial charge in [-0.3, -0.25) is 9.59 Å². The van der Waals surface area contributed by atoms with Gasteiger partial charge in [0.15, 0.2) is 5.78 Å². The van der Waals surface area contributed by atoms with Crippen molar-refractivity contribution in [1.29, 1.82) is 0 Å². The van der Waals surface area contributed by atoms with Crippen LogP contribution in [-0.2, 0) is 23.9 Å². The smallest absolute Gasteiger partial charge is 0.333 e. The van der Waals surface area contributed by atoms with E-state index in [2.05, 4.69) is 0 Å². The SMILES string of the molecule is CC=C(C)C(=O)OC1CC(CO)=C2C(=O)C=C(C)C2C2OC(=O)C(C)C12. The van der Waals surface area contributed by atoms with E-state index in [4.69, 9.17) is 9.47 Å². The number of esters is 2. The number of carbonyl (C=O) groups is 3. The van der Waals surface area contributed by atoms with Crippen LogP contribution in [0.15, 0.2) is 34.4 Å². The Morgan fingerprint density at radius 2 is 2.12 bits per heavy atom. The maximum absolute atomic E-state index is 12.5. The Bertz CT molecular complexity index is 756. The van der Waals surface area contributed by atoms with Gasteiger partial charge in [0.25, 0.3) is 0 Å². The zero-order valence-electron chi connectivity index (χ0n) is 15.4. The number of hydrogen-bond donors (Lipinski definition) is 1. The van der Waals surface area contributed by atoms with Crippen molar-refractivity contribution in [2.45, 2.75) is 46.3 Å². The van der Waals surface area contributed by atoms with Crippen molar-refractivity contribution >= 4 is 17.7 Å². The predicted molar refractivity (Wildman–Crippen MR) is 92.8 cm³/mol. The standard InChI is InChI=1S/C20H24O6/c1-5-9(2)19(23)25-14-7-12(8-21)17-13(22)6-10(3)15(17)18-16(14)11(4)20(24)26-18/h5-6,11,14-16,18,21H,7-8H2,1-4H3. The van der Waals surface area contributed by atoms with Crippen LogP contribution in [0.2, 0.25) is 0 Å². The average molecular weight is 360 g/mol. The highest BCUT2D eigenvalue weighted by atomic mass is 16.6. The van der Waals surface area contributed by atoms with Crippen LogP contribution in [0.3, 0.4) is 0 Å². The van der Waals surface area contributed by atoms with Gasteiger partial charge in [0.2, 0.25) is 0 Å². The number of ether oxygens (including phenoxy) is 2. The number of fused-ring (bicyclic) bond motifs is 3. The highest BCUT2D eigenvalue weighted by molar-refractivity contribution is 6.09. The van der Waals surface area contributed by atoms with Crippen molar-refractivity contribution in [3.63, 3.8) is 0 Å². The maximum atomic E-state index is 12.5. The molecule has 1 heterocycles. The Kier molecular flexibility index (Phi) is 4.88. The van der Waals surface area contributed by atoms with Crippen molar-refractivity contribution < 1.29 is 29.0 Å². The molecule has 26 heavy (non-hydrogen) atoms. The van der Waals surface area contributed by atoms with Crippen LogP contribution in [-0.4, -0.2) is 41.6 Å². The van der Waals surface area contributed by atoms with Crippen LogP contribution in [0.25, 0.3) is 0 Å². The first-order valence-electron chi connectivity index (χ1n) is 8.89. The summed E-state index contributed by atoms with van der Waals surface area (Å²) >= 11 is 0. The molecule has 1 fully saturated rings. The van der Waals surface area contributed by atoms with E-state index in [1.807, 2.05) is 6.92 Å². The second-order valence-electron chi connectivity index (χ2n) is 7.29. The van der Waals surface area contributed by atoms with Crippen molar-refractivity contribution in [3.05, 3.63) is 34.4 Å². The summed E-state index contributed by atoms with van der Waals surface area (Å²) in [7, 11) is 0. The minimum Gasteiger partial charge on any atom is -0.461 e. The minimum atomic E-state index is -0.635. The lowest BCUT2D eigenvalue weighted by Crippen LogP contribution is -2.38. The summed E-state index contributed by atoms with van der Waals surface area (Å²) in [6.07, 6.45) is 2.22. The third kappa shape index (κ3) is 2.82. The lowest BCUT2D eigenvalue weighted by atomic mass is 9.79. The van der Waals surface area contributed by atoms with Crippen molar-refractivity contribution in [2.24, 2.45) is 17.8 Å². The minimum absolute atomic E-state index is 0.164. The summed E-state index contributed by atoms with van der Waals surface area (Å²) in [5.41, 5.74) is 2.32. The fourth-order valence-corrected chi connectivity index (χ4v) is 4.27. The summed E-state index contributed by atoms with van der Waals surface area (Å²) < 4.78 is 11.3. The van der Waals surface area contributed by atoms with Gasteiger partial charge in [-0.15, -0.1) is 0 Å². The molecule has 2 aliphatic carbocycles. The summed E-state index contributed by atoms with van der Waals surface area (Å²) in [5.74, 6) is -2.17. The largest absolute Gasteiger partial charge is 0.461 e. The van der Waals surface area contributed by atoms with Crippen LogP contribution in [0.1, 0.15) is 34.1 Å². The van der Waals surface area contributed by atoms with Gasteiger partial charge in [0.1, 0.15) is 12.2 Å². The fraction of sp³-hybridized carbons (Fsp3) is 0.550. The molecule has 0 saturated carbocycles. The Hall–Kier alpha value is -2.21. The third-order valence-electron chi connectivity index (χ3n) is 5.80. The Balaban J connectivity index is 2.06. The van der Waals surface area contributed by atoms with E-state index >= 15 is 0 Å². The molecule has 0 aromatic heterocycles. The van der Waals surface area contributed by atoms with Crippen LogP contribution in [0.4, 0.5) is 0 Å². The highest BCUT2D eigenvalue weighted by Gasteiger charge is 2.55. The lowest BCUT2D eigenvalue weighted by molar-refractivity contribution is -0.148. The zero-order chi connectivity index (χ0) is 19.2. The number of carbonyl (C=O) groups excluding carboxylic acids is 3. The first-order chi connectivity index (χ1) is 12.3. The van der Waals surface area contributed by atoms with E-state index in [0.717, 1.165) is 5.57 Å². The van der Waals surface area contributed by atoms with Gasteiger partial charge in [-0.25, -0.2) is 4.79 Å². The molecular formula is C20H24O6. The van der Waals surface area contributed by atoms with Crippen LogP contribution >= 0.6 is 0 Å². The number of ketones is 1. The van der Waals surface area contributed by atoms with Gasteiger partial charge in [-0.1, -0.05) is 18.6 Å². The molecule has 0 spiro atoms. The van der Waals surface area contributed by atoms with E-state index in [-0.39, 0.29) is 36.6 Å². The normalized spacial score (nSPS) is 34.1. The van der Waals surface area contributed by atoms with Crippen molar-refractivity contribution in [2.75, 3.05) is 6.61 Å². The summed E-state index contributed by atoms with van der Waals surface area (Å²) in [5, 5.41) is 9.86. The van der Waals surface area contributed by atoms with Crippen LogP contribution < -0.4 is 0 Å². The van der Waals surface area contributed by atoms with Gasteiger partial charge in [0.05, 0.1) is 12.5 Å². The van der Waals surface area contributed by atoms with Crippen LogP contribution in [0.5, 0.6) is 0 Å². The molecule has 0 aromatic carbocycles. The molecule has 0 bridgehead atoms. The second-order valence-corrected chi connectivity index (χ2v) is 7.29.